The Bertz CT molecular complexity index is 3550. The summed E-state index contributed by atoms with van der Waals surface area (Å²) in [6.45, 7) is 0. The fourth-order valence-electron chi connectivity index (χ4n) is 10.1. The second-order valence-corrected chi connectivity index (χ2v) is 17.5. The largest absolute Gasteiger partial charge is 0.208 e. The van der Waals surface area contributed by atoms with Crippen LogP contribution in [0.5, 0.6) is 0 Å². The summed E-state index contributed by atoms with van der Waals surface area (Å²) >= 11 is 0. The maximum atomic E-state index is 10.1. The van der Waals surface area contributed by atoms with E-state index in [4.69, 9.17) is 15.0 Å². The Kier molecular flexibility index (Phi) is 10.4. The summed E-state index contributed by atoms with van der Waals surface area (Å²) in [4.78, 5) is 15.4. The SMILES string of the molecule is N#Cc1ccc2c(c1)C(c1ccccc1)(c1ccccc1)c1ccc(-c3cccc(-c4cccc(-c5nc(-c6ccc(-c7ccccc7)cc6)nc(-c6ccc(-c7ccccc7)cc6)n5)c4)c3)cc1-2. The summed E-state index contributed by atoms with van der Waals surface area (Å²) < 4.78 is 0. The quantitative estimate of drug-likeness (QED) is 0.145. The van der Waals surface area contributed by atoms with Crippen molar-refractivity contribution in [2.75, 3.05) is 0 Å². The zero-order valence-electron chi connectivity index (χ0n) is 37.5. The molecule has 1 heterocycles. The summed E-state index contributed by atoms with van der Waals surface area (Å²) in [5.74, 6) is 1.82. The zero-order valence-corrected chi connectivity index (χ0v) is 37.5. The lowest BCUT2D eigenvalue weighted by Gasteiger charge is -2.34. The minimum atomic E-state index is -0.590. The maximum Gasteiger partial charge on any atom is 0.164 e. The Morgan fingerprint density at radius 2 is 0.652 bits per heavy atom. The molecule has 0 saturated carbocycles. The van der Waals surface area contributed by atoms with E-state index in [1.165, 1.54) is 16.7 Å². The van der Waals surface area contributed by atoms with Crippen LogP contribution < -0.4 is 0 Å². The van der Waals surface area contributed by atoms with Gasteiger partial charge in [0.1, 0.15) is 0 Å². The van der Waals surface area contributed by atoms with Gasteiger partial charge in [0.05, 0.1) is 17.0 Å². The second kappa shape index (κ2) is 17.5. The highest BCUT2D eigenvalue weighted by molar-refractivity contribution is 5.90. The molecular weight excluding hydrogens is 837 g/mol. The first kappa shape index (κ1) is 41.2. The molecule has 0 spiro atoms. The third-order valence-electron chi connectivity index (χ3n) is 13.5. The molecule has 12 rings (SSSR count). The van der Waals surface area contributed by atoms with Crippen molar-refractivity contribution in [2.24, 2.45) is 0 Å². The highest BCUT2D eigenvalue weighted by Crippen LogP contribution is 2.57. The Morgan fingerprint density at radius 3 is 1.14 bits per heavy atom. The minimum absolute atomic E-state index is 0.590. The summed E-state index contributed by atoms with van der Waals surface area (Å²) in [7, 11) is 0. The fraction of sp³-hybridized carbons (Fsp3) is 0.0154. The molecule has 0 N–H and O–H groups in total. The molecule has 4 nitrogen and oxygen atoms in total. The molecule has 1 aromatic heterocycles. The number of fused-ring (bicyclic) bond motifs is 3. The van der Waals surface area contributed by atoms with E-state index in [-0.39, 0.29) is 0 Å². The number of hydrogen-bond donors (Lipinski definition) is 0. The summed E-state index contributed by atoms with van der Waals surface area (Å²) in [5, 5.41) is 10.1. The van der Waals surface area contributed by atoms with Crippen molar-refractivity contribution in [1.29, 1.82) is 5.26 Å². The monoisotopic (exact) mass is 878 g/mol. The highest BCUT2D eigenvalue weighted by Gasteiger charge is 2.46. The molecule has 0 atom stereocenters. The van der Waals surface area contributed by atoms with Crippen LogP contribution in [0.3, 0.4) is 0 Å². The number of rotatable bonds is 9. The van der Waals surface area contributed by atoms with Crippen LogP contribution in [0.1, 0.15) is 27.8 Å². The van der Waals surface area contributed by atoms with Crippen LogP contribution in [0.4, 0.5) is 0 Å². The van der Waals surface area contributed by atoms with Gasteiger partial charge in [-0.2, -0.15) is 5.26 Å². The topological polar surface area (TPSA) is 62.5 Å². The van der Waals surface area contributed by atoms with Crippen LogP contribution in [-0.4, -0.2) is 15.0 Å². The molecule has 0 bridgehead atoms. The van der Waals surface area contributed by atoms with Crippen molar-refractivity contribution in [1.82, 2.24) is 15.0 Å². The molecule has 4 heteroatoms. The van der Waals surface area contributed by atoms with Gasteiger partial charge < -0.3 is 0 Å². The zero-order chi connectivity index (χ0) is 46.2. The van der Waals surface area contributed by atoms with Gasteiger partial charge in [-0.05, 0) is 108 Å². The third kappa shape index (κ3) is 7.49. The van der Waals surface area contributed by atoms with Gasteiger partial charge >= 0.3 is 0 Å². The first-order chi connectivity index (χ1) is 34.1. The molecule has 0 saturated heterocycles. The Morgan fingerprint density at radius 1 is 0.275 bits per heavy atom. The van der Waals surface area contributed by atoms with Crippen molar-refractivity contribution in [3.8, 4) is 95.9 Å². The number of nitriles is 1. The van der Waals surface area contributed by atoms with E-state index in [9.17, 15) is 5.26 Å². The van der Waals surface area contributed by atoms with E-state index < -0.39 is 5.41 Å². The van der Waals surface area contributed by atoms with Crippen LogP contribution in [0.15, 0.2) is 255 Å². The molecule has 0 aliphatic heterocycles. The summed E-state index contributed by atoms with van der Waals surface area (Å²) in [6, 6.07) is 91.7. The maximum absolute atomic E-state index is 10.1. The van der Waals surface area contributed by atoms with E-state index >= 15 is 0 Å². The van der Waals surface area contributed by atoms with Crippen molar-refractivity contribution in [2.45, 2.75) is 5.41 Å². The van der Waals surface area contributed by atoms with Crippen molar-refractivity contribution >= 4 is 0 Å². The van der Waals surface area contributed by atoms with Gasteiger partial charge in [0, 0.05) is 16.7 Å². The molecule has 322 valence electrons. The Balaban J connectivity index is 0.932. The second-order valence-electron chi connectivity index (χ2n) is 17.5. The molecule has 1 aliphatic rings. The minimum Gasteiger partial charge on any atom is -0.208 e. The molecule has 10 aromatic carbocycles. The van der Waals surface area contributed by atoms with Crippen LogP contribution in [-0.2, 0) is 5.41 Å². The normalized spacial score (nSPS) is 12.2. The Labute approximate surface area is 402 Å². The van der Waals surface area contributed by atoms with Crippen molar-refractivity contribution in [3.05, 3.63) is 283 Å². The van der Waals surface area contributed by atoms with E-state index in [0.29, 0.717) is 23.0 Å². The molecule has 0 amide bonds. The number of aromatic nitrogens is 3. The van der Waals surface area contributed by atoms with Gasteiger partial charge in [-0.15, -0.1) is 0 Å². The van der Waals surface area contributed by atoms with Crippen LogP contribution >= 0.6 is 0 Å². The smallest absolute Gasteiger partial charge is 0.164 e. The molecule has 1 aliphatic carbocycles. The first-order valence-corrected chi connectivity index (χ1v) is 23.2. The van der Waals surface area contributed by atoms with E-state index in [2.05, 4.69) is 243 Å². The van der Waals surface area contributed by atoms with Crippen LogP contribution in [0, 0.1) is 11.3 Å². The molecule has 11 aromatic rings. The molecule has 69 heavy (non-hydrogen) atoms. The molecule has 0 radical (unpaired) electrons. The average molecular weight is 879 g/mol. The van der Waals surface area contributed by atoms with Crippen LogP contribution in [0.2, 0.25) is 0 Å². The predicted octanol–water partition coefficient (Wildman–Crippen LogP) is 15.8. The van der Waals surface area contributed by atoms with Gasteiger partial charge in [-0.25, -0.2) is 15.0 Å². The van der Waals surface area contributed by atoms with Crippen molar-refractivity contribution in [3.63, 3.8) is 0 Å². The highest BCUT2D eigenvalue weighted by atomic mass is 15.0. The van der Waals surface area contributed by atoms with Crippen molar-refractivity contribution < 1.29 is 0 Å². The number of benzene rings is 10. The molecule has 0 unspecified atom stereocenters. The Hall–Kier alpha value is -9.30. The standard InChI is InChI=1S/C65H42N4/c66-43-44-27-37-58-59-42-54(36-38-60(59)65(61(58)39-44,56-23-9-3-10-24-56)57-25-11-4-12-26-57)52-20-13-19-51(40-52)53-21-14-22-55(41-53)64-68-62(49-32-28-47(29-33-49)45-15-5-1-6-16-45)67-63(69-64)50-34-30-48(31-35-50)46-17-7-2-8-18-46/h1-42H. The lowest BCUT2D eigenvalue weighted by molar-refractivity contribution is 0.768. The molecule has 0 fully saturated rings. The lowest BCUT2D eigenvalue weighted by Crippen LogP contribution is -2.28. The average Bonchev–Trinajstić information content (AvgIpc) is 3.73. The lowest BCUT2D eigenvalue weighted by atomic mass is 9.67. The van der Waals surface area contributed by atoms with E-state index in [1.54, 1.807) is 0 Å². The summed E-state index contributed by atoms with van der Waals surface area (Å²) in [6.07, 6.45) is 0. The number of nitrogens with zero attached hydrogens (tertiary/aromatic N) is 4. The van der Waals surface area contributed by atoms with Gasteiger partial charge in [0.2, 0.25) is 0 Å². The van der Waals surface area contributed by atoms with E-state index in [1.807, 2.05) is 18.2 Å². The molecular formula is C65H42N4. The van der Waals surface area contributed by atoms with Gasteiger partial charge in [0.25, 0.3) is 0 Å². The van der Waals surface area contributed by atoms with Crippen LogP contribution in [0.25, 0.3) is 89.8 Å². The predicted molar refractivity (Wildman–Crippen MR) is 280 cm³/mol. The number of hydrogen-bond acceptors (Lipinski definition) is 4. The summed E-state index contributed by atoms with van der Waals surface area (Å²) in [5.41, 5.74) is 18.7. The van der Waals surface area contributed by atoms with Gasteiger partial charge in [-0.1, -0.05) is 224 Å². The first-order valence-electron chi connectivity index (χ1n) is 23.2. The van der Waals surface area contributed by atoms with E-state index in [0.717, 1.165) is 77.9 Å². The van der Waals surface area contributed by atoms with Gasteiger partial charge in [0.15, 0.2) is 17.5 Å². The van der Waals surface area contributed by atoms with Gasteiger partial charge in [-0.3, -0.25) is 0 Å². The third-order valence-corrected chi connectivity index (χ3v) is 13.5. The fourth-order valence-corrected chi connectivity index (χ4v) is 10.1.